The lowest BCUT2D eigenvalue weighted by Crippen LogP contribution is -2.25. The first-order valence-electron chi connectivity index (χ1n) is 8.19. The van der Waals surface area contributed by atoms with Gasteiger partial charge in [0, 0.05) is 39.4 Å². The summed E-state index contributed by atoms with van der Waals surface area (Å²) < 4.78 is 0. The molecule has 0 aliphatic heterocycles. The maximum Gasteiger partial charge on any atom is 0.251 e. The minimum absolute atomic E-state index is 0.0683. The lowest BCUT2D eigenvalue weighted by atomic mass is 10.2. The zero-order valence-electron chi connectivity index (χ0n) is 13.6. The van der Waals surface area contributed by atoms with Crippen LogP contribution in [0.3, 0.4) is 0 Å². The van der Waals surface area contributed by atoms with E-state index in [9.17, 15) is 9.59 Å². The van der Waals surface area contributed by atoms with Gasteiger partial charge in [0.15, 0.2) is 0 Å². The number of nitrogens with one attached hydrogen (secondary N) is 2. The van der Waals surface area contributed by atoms with E-state index < -0.39 is 0 Å². The Morgan fingerprint density at radius 2 is 1.88 bits per heavy atom. The standard InChI is InChI=1S/C19H19ClN2O2S/c20-14-4-8-17(9-5-14)25-11-10-18(23)21-16-3-1-2-13(12-16)19(24)22-15-6-7-15/h1-5,8-9,12,15H,6-7,10-11H2,(H,21,23)(H,22,24). The van der Waals surface area contributed by atoms with Gasteiger partial charge < -0.3 is 10.6 Å². The Labute approximate surface area is 156 Å². The number of amides is 2. The highest BCUT2D eigenvalue weighted by molar-refractivity contribution is 7.99. The van der Waals surface area contributed by atoms with Crippen LogP contribution in [0.5, 0.6) is 0 Å². The molecule has 2 N–H and O–H groups in total. The molecule has 1 aliphatic rings. The molecular formula is C19H19ClN2O2S. The van der Waals surface area contributed by atoms with Crippen LogP contribution in [0.25, 0.3) is 0 Å². The van der Waals surface area contributed by atoms with Crippen LogP contribution in [0.2, 0.25) is 5.02 Å². The fourth-order valence-corrected chi connectivity index (χ4v) is 3.23. The van der Waals surface area contributed by atoms with Gasteiger partial charge >= 0.3 is 0 Å². The van der Waals surface area contributed by atoms with Crippen molar-refractivity contribution < 1.29 is 9.59 Å². The van der Waals surface area contributed by atoms with Crippen LogP contribution in [0.1, 0.15) is 29.6 Å². The Kier molecular flexibility index (Phi) is 6.00. The van der Waals surface area contributed by atoms with Gasteiger partial charge in [-0.15, -0.1) is 11.8 Å². The van der Waals surface area contributed by atoms with E-state index in [0.29, 0.717) is 34.5 Å². The number of anilines is 1. The fourth-order valence-electron chi connectivity index (χ4n) is 2.25. The van der Waals surface area contributed by atoms with Crippen LogP contribution in [0.4, 0.5) is 5.69 Å². The van der Waals surface area contributed by atoms with Crippen molar-refractivity contribution in [3.05, 3.63) is 59.1 Å². The van der Waals surface area contributed by atoms with Gasteiger partial charge in [-0.05, 0) is 55.3 Å². The van der Waals surface area contributed by atoms with E-state index in [0.717, 1.165) is 17.7 Å². The predicted octanol–water partition coefficient (Wildman–Crippen LogP) is 4.35. The fraction of sp³-hybridized carbons (Fsp3) is 0.263. The molecule has 1 aliphatic carbocycles. The van der Waals surface area contributed by atoms with E-state index in [-0.39, 0.29) is 11.8 Å². The highest BCUT2D eigenvalue weighted by Gasteiger charge is 2.23. The van der Waals surface area contributed by atoms with E-state index in [1.165, 1.54) is 0 Å². The SMILES string of the molecule is O=C(CCSc1ccc(Cl)cc1)Nc1cccc(C(=O)NC2CC2)c1. The van der Waals surface area contributed by atoms with Crippen molar-refractivity contribution in [2.75, 3.05) is 11.1 Å². The van der Waals surface area contributed by atoms with E-state index in [4.69, 9.17) is 11.6 Å². The summed E-state index contributed by atoms with van der Waals surface area (Å²) in [7, 11) is 0. The topological polar surface area (TPSA) is 58.2 Å². The molecule has 0 bridgehead atoms. The number of carbonyl (C=O) groups is 2. The third-order valence-electron chi connectivity index (χ3n) is 3.73. The van der Waals surface area contributed by atoms with Gasteiger partial charge in [0.2, 0.25) is 5.91 Å². The number of benzene rings is 2. The van der Waals surface area contributed by atoms with E-state index in [2.05, 4.69) is 10.6 Å². The monoisotopic (exact) mass is 374 g/mol. The quantitative estimate of drug-likeness (QED) is 0.708. The minimum atomic E-state index is -0.0862. The third kappa shape index (κ3) is 5.80. The molecule has 1 saturated carbocycles. The summed E-state index contributed by atoms with van der Waals surface area (Å²) in [6, 6.07) is 14.9. The average molecular weight is 375 g/mol. The first-order valence-corrected chi connectivity index (χ1v) is 9.56. The molecule has 4 nitrogen and oxygen atoms in total. The number of thioether (sulfide) groups is 1. The predicted molar refractivity (Wildman–Crippen MR) is 102 cm³/mol. The van der Waals surface area contributed by atoms with Crippen molar-refractivity contribution in [2.24, 2.45) is 0 Å². The van der Waals surface area contributed by atoms with Crippen molar-refractivity contribution in [1.82, 2.24) is 5.32 Å². The molecule has 0 saturated heterocycles. The normalized spacial score (nSPS) is 13.3. The van der Waals surface area contributed by atoms with Crippen molar-refractivity contribution in [3.8, 4) is 0 Å². The zero-order chi connectivity index (χ0) is 17.6. The second-order valence-corrected chi connectivity index (χ2v) is 7.53. The largest absolute Gasteiger partial charge is 0.349 e. The molecule has 3 rings (SSSR count). The van der Waals surface area contributed by atoms with Gasteiger partial charge in [-0.3, -0.25) is 9.59 Å². The molecule has 0 atom stereocenters. The van der Waals surface area contributed by atoms with Crippen LogP contribution in [-0.4, -0.2) is 23.6 Å². The van der Waals surface area contributed by atoms with Crippen molar-refractivity contribution in [3.63, 3.8) is 0 Å². The van der Waals surface area contributed by atoms with Crippen LogP contribution >= 0.6 is 23.4 Å². The third-order valence-corrected chi connectivity index (χ3v) is 5.00. The lowest BCUT2D eigenvalue weighted by molar-refractivity contribution is -0.115. The first-order chi connectivity index (χ1) is 12.1. The van der Waals surface area contributed by atoms with Gasteiger partial charge in [-0.25, -0.2) is 0 Å². The molecule has 25 heavy (non-hydrogen) atoms. The van der Waals surface area contributed by atoms with Crippen LogP contribution in [0, 0.1) is 0 Å². The summed E-state index contributed by atoms with van der Waals surface area (Å²) in [5.74, 6) is 0.521. The second-order valence-electron chi connectivity index (χ2n) is 5.93. The zero-order valence-corrected chi connectivity index (χ0v) is 15.2. The Morgan fingerprint density at radius 1 is 1.12 bits per heavy atom. The van der Waals surface area contributed by atoms with Gasteiger partial charge in [0.25, 0.3) is 5.91 Å². The molecule has 0 heterocycles. The smallest absolute Gasteiger partial charge is 0.251 e. The molecule has 0 spiro atoms. The number of halogens is 1. The molecule has 2 amide bonds. The van der Waals surface area contributed by atoms with Gasteiger partial charge in [-0.2, -0.15) is 0 Å². The number of rotatable bonds is 7. The molecule has 2 aromatic carbocycles. The van der Waals surface area contributed by atoms with Crippen molar-refractivity contribution in [2.45, 2.75) is 30.2 Å². The maximum absolute atomic E-state index is 12.1. The Bertz CT molecular complexity index is 760. The lowest BCUT2D eigenvalue weighted by Gasteiger charge is -2.08. The Balaban J connectivity index is 1.47. The minimum Gasteiger partial charge on any atom is -0.349 e. The highest BCUT2D eigenvalue weighted by Crippen LogP contribution is 2.22. The molecule has 130 valence electrons. The highest BCUT2D eigenvalue weighted by atomic mass is 35.5. The molecule has 1 fully saturated rings. The molecule has 2 aromatic rings. The summed E-state index contributed by atoms with van der Waals surface area (Å²) in [4.78, 5) is 25.2. The van der Waals surface area contributed by atoms with Crippen LogP contribution in [0.15, 0.2) is 53.4 Å². The first kappa shape index (κ1) is 17.8. The van der Waals surface area contributed by atoms with Gasteiger partial charge in [-0.1, -0.05) is 17.7 Å². The Morgan fingerprint density at radius 3 is 2.60 bits per heavy atom. The summed E-state index contributed by atoms with van der Waals surface area (Å²) in [6.07, 6.45) is 2.49. The number of carbonyl (C=O) groups excluding carboxylic acids is 2. The maximum atomic E-state index is 12.1. The van der Waals surface area contributed by atoms with E-state index in [1.807, 2.05) is 24.3 Å². The van der Waals surface area contributed by atoms with E-state index >= 15 is 0 Å². The molecule has 6 heteroatoms. The average Bonchev–Trinajstić information content (AvgIpc) is 3.41. The van der Waals surface area contributed by atoms with Crippen LogP contribution < -0.4 is 10.6 Å². The van der Waals surface area contributed by atoms with Gasteiger partial charge in [0.1, 0.15) is 0 Å². The molecule has 0 unspecified atom stereocenters. The summed E-state index contributed by atoms with van der Waals surface area (Å²) in [5, 5.41) is 6.49. The van der Waals surface area contributed by atoms with Crippen molar-refractivity contribution >= 4 is 40.9 Å². The number of hydrogen-bond donors (Lipinski definition) is 2. The van der Waals surface area contributed by atoms with Crippen LogP contribution in [-0.2, 0) is 4.79 Å². The van der Waals surface area contributed by atoms with Gasteiger partial charge in [0.05, 0.1) is 0 Å². The second kappa shape index (κ2) is 8.41. The summed E-state index contributed by atoms with van der Waals surface area (Å²) in [5.41, 5.74) is 1.21. The molecule has 0 aromatic heterocycles. The molecule has 0 radical (unpaired) electrons. The molecular weight excluding hydrogens is 356 g/mol. The Hall–Kier alpha value is -1.98. The number of hydrogen-bond acceptors (Lipinski definition) is 3. The summed E-state index contributed by atoms with van der Waals surface area (Å²) >= 11 is 7.46. The summed E-state index contributed by atoms with van der Waals surface area (Å²) in [6.45, 7) is 0. The van der Waals surface area contributed by atoms with E-state index in [1.54, 1.807) is 36.0 Å². The van der Waals surface area contributed by atoms with Crippen molar-refractivity contribution in [1.29, 1.82) is 0 Å².